The molecule has 1 heterocycles. The average Bonchev–Trinajstić information content (AvgIpc) is 2.28. The number of hydrogen-bond donors (Lipinski definition) is 1. The molecule has 0 bridgehead atoms. The molecule has 0 spiro atoms. The third kappa shape index (κ3) is 5.18. The normalized spacial score (nSPS) is 11.4. The van der Waals surface area contributed by atoms with Crippen LogP contribution in [0.1, 0.15) is 45.7 Å². The quantitative estimate of drug-likeness (QED) is 0.739. The Kier molecular flexibility index (Phi) is 5.98. The van der Waals surface area contributed by atoms with Gasteiger partial charge in [0.25, 0.3) is 0 Å². The molecular formula is C14H25N3. The summed E-state index contributed by atoms with van der Waals surface area (Å²) in [5.41, 5.74) is 7.64. The smallest absolute Gasteiger partial charge is 0.0564 e. The van der Waals surface area contributed by atoms with E-state index in [9.17, 15) is 0 Å². The highest BCUT2D eigenvalue weighted by Crippen LogP contribution is 2.10. The summed E-state index contributed by atoms with van der Waals surface area (Å²) in [6.07, 6.45) is 5.61. The van der Waals surface area contributed by atoms with Gasteiger partial charge in [-0.25, -0.2) is 0 Å². The van der Waals surface area contributed by atoms with Crippen LogP contribution in [0.4, 0.5) is 5.69 Å². The van der Waals surface area contributed by atoms with Crippen LogP contribution < -0.4 is 5.73 Å². The fourth-order valence-corrected chi connectivity index (χ4v) is 1.88. The van der Waals surface area contributed by atoms with E-state index in [-0.39, 0.29) is 0 Å². The van der Waals surface area contributed by atoms with E-state index >= 15 is 0 Å². The Morgan fingerprint density at radius 2 is 2.12 bits per heavy atom. The molecule has 17 heavy (non-hydrogen) atoms. The lowest BCUT2D eigenvalue weighted by Gasteiger charge is -2.26. The second kappa shape index (κ2) is 7.28. The van der Waals surface area contributed by atoms with Crippen LogP contribution in [0.2, 0.25) is 0 Å². The summed E-state index contributed by atoms with van der Waals surface area (Å²) in [4.78, 5) is 6.82. The fraction of sp³-hybridized carbons (Fsp3) is 0.643. The summed E-state index contributed by atoms with van der Waals surface area (Å²) in [5, 5.41) is 0. The molecule has 1 aromatic rings. The summed E-state index contributed by atoms with van der Waals surface area (Å²) in [6, 6.07) is 4.35. The lowest BCUT2D eigenvalue weighted by Crippen LogP contribution is -2.31. The van der Waals surface area contributed by atoms with E-state index in [0.29, 0.717) is 6.04 Å². The third-order valence-electron chi connectivity index (χ3n) is 2.98. The van der Waals surface area contributed by atoms with Crippen molar-refractivity contribution in [2.75, 3.05) is 12.3 Å². The van der Waals surface area contributed by atoms with E-state index in [1.807, 2.05) is 12.1 Å². The molecule has 0 amide bonds. The number of unbranched alkanes of at least 4 members (excludes halogenated alkanes) is 2. The first-order valence-electron chi connectivity index (χ1n) is 6.58. The molecule has 2 N–H and O–H groups in total. The molecule has 0 saturated heterocycles. The van der Waals surface area contributed by atoms with Gasteiger partial charge in [-0.15, -0.1) is 0 Å². The maximum Gasteiger partial charge on any atom is 0.0564 e. The Labute approximate surface area is 105 Å². The molecular weight excluding hydrogens is 210 g/mol. The molecule has 0 aliphatic heterocycles. The van der Waals surface area contributed by atoms with Gasteiger partial charge in [0.05, 0.1) is 5.69 Å². The molecule has 3 heteroatoms. The summed E-state index contributed by atoms with van der Waals surface area (Å²) in [5.74, 6) is 0. The first-order chi connectivity index (χ1) is 8.13. The summed E-state index contributed by atoms with van der Waals surface area (Å²) < 4.78 is 0. The monoisotopic (exact) mass is 235 g/mol. The minimum atomic E-state index is 0.551. The van der Waals surface area contributed by atoms with Gasteiger partial charge in [0, 0.05) is 24.5 Å². The van der Waals surface area contributed by atoms with Crippen LogP contribution in [0.3, 0.4) is 0 Å². The van der Waals surface area contributed by atoms with Gasteiger partial charge in [-0.2, -0.15) is 0 Å². The van der Waals surface area contributed by atoms with Gasteiger partial charge >= 0.3 is 0 Å². The minimum Gasteiger partial charge on any atom is -0.399 e. The Morgan fingerprint density at radius 3 is 2.71 bits per heavy atom. The van der Waals surface area contributed by atoms with Gasteiger partial charge in [-0.05, 0) is 38.9 Å². The fourth-order valence-electron chi connectivity index (χ4n) is 1.88. The van der Waals surface area contributed by atoms with E-state index in [2.05, 4.69) is 30.7 Å². The summed E-state index contributed by atoms with van der Waals surface area (Å²) in [7, 11) is 0. The number of aromatic nitrogens is 1. The van der Waals surface area contributed by atoms with E-state index in [0.717, 1.165) is 24.5 Å². The zero-order valence-corrected chi connectivity index (χ0v) is 11.3. The Balaban J connectivity index is 2.54. The molecule has 0 aliphatic rings. The molecule has 0 saturated carbocycles. The van der Waals surface area contributed by atoms with Crippen molar-refractivity contribution in [2.24, 2.45) is 0 Å². The molecule has 0 aliphatic carbocycles. The van der Waals surface area contributed by atoms with Crippen molar-refractivity contribution in [3.05, 3.63) is 24.0 Å². The number of hydrogen-bond acceptors (Lipinski definition) is 3. The van der Waals surface area contributed by atoms with Crippen molar-refractivity contribution in [2.45, 2.75) is 52.6 Å². The zero-order chi connectivity index (χ0) is 12.7. The summed E-state index contributed by atoms with van der Waals surface area (Å²) >= 11 is 0. The van der Waals surface area contributed by atoms with Crippen molar-refractivity contribution in [3.63, 3.8) is 0 Å². The lowest BCUT2D eigenvalue weighted by atomic mass is 10.2. The average molecular weight is 235 g/mol. The second-order valence-corrected chi connectivity index (χ2v) is 4.85. The maximum atomic E-state index is 5.77. The van der Waals surface area contributed by atoms with Crippen LogP contribution in [-0.2, 0) is 6.54 Å². The number of nitrogens with two attached hydrogens (primary N) is 1. The van der Waals surface area contributed by atoms with Gasteiger partial charge in [0.2, 0.25) is 0 Å². The van der Waals surface area contributed by atoms with E-state index in [1.165, 1.54) is 19.3 Å². The van der Waals surface area contributed by atoms with Gasteiger partial charge in [-0.3, -0.25) is 9.88 Å². The van der Waals surface area contributed by atoms with Crippen LogP contribution in [0.25, 0.3) is 0 Å². The van der Waals surface area contributed by atoms with Crippen LogP contribution in [0, 0.1) is 0 Å². The number of nitrogen functional groups attached to an aromatic ring is 1. The molecule has 0 unspecified atom stereocenters. The second-order valence-electron chi connectivity index (χ2n) is 4.85. The number of pyridine rings is 1. The van der Waals surface area contributed by atoms with Gasteiger partial charge in [0.1, 0.15) is 0 Å². The lowest BCUT2D eigenvalue weighted by molar-refractivity contribution is 0.206. The van der Waals surface area contributed by atoms with E-state index in [4.69, 9.17) is 5.73 Å². The van der Waals surface area contributed by atoms with Crippen LogP contribution in [0.5, 0.6) is 0 Å². The maximum absolute atomic E-state index is 5.77. The van der Waals surface area contributed by atoms with Crippen molar-refractivity contribution in [3.8, 4) is 0 Å². The highest BCUT2D eigenvalue weighted by atomic mass is 15.1. The summed E-state index contributed by atoms with van der Waals surface area (Å²) in [6.45, 7) is 8.74. The molecule has 96 valence electrons. The highest BCUT2D eigenvalue weighted by Gasteiger charge is 2.10. The molecule has 0 aromatic carbocycles. The molecule has 0 atom stereocenters. The molecule has 0 radical (unpaired) electrons. The SMILES string of the molecule is CCCCCN(Cc1cc(N)ccn1)C(C)C. The first-order valence-corrected chi connectivity index (χ1v) is 6.58. The topological polar surface area (TPSA) is 42.1 Å². The van der Waals surface area contributed by atoms with Crippen LogP contribution >= 0.6 is 0 Å². The standard InChI is InChI=1S/C14H25N3/c1-4-5-6-9-17(12(2)3)11-14-10-13(15)7-8-16-14/h7-8,10,12H,4-6,9,11H2,1-3H3,(H2,15,16). The Bertz CT molecular complexity index is 323. The number of nitrogens with zero attached hydrogens (tertiary/aromatic N) is 2. The number of anilines is 1. The molecule has 1 rings (SSSR count). The zero-order valence-electron chi connectivity index (χ0n) is 11.3. The van der Waals surface area contributed by atoms with E-state index in [1.54, 1.807) is 6.20 Å². The predicted molar refractivity (Wildman–Crippen MR) is 73.7 cm³/mol. The molecule has 0 fully saturated rings. The van der Waals surface area contributed by atoms with Crippen molar-refractivity contribution in [1.82, 2.24) is 9.88 Å². The Hall–Kier alpha value is -1.09. The van der Waals surface area contributed by atoms with Crippen LogP contribution in [-0.4, -0.2) is 22.5 Å². The minimum absolute atomic E-state index is 0.551. The third-order valence-corrected chi connectivity index (χ3v) is 2.98. The number of rotatable bonds is 7. The molecule has 1 aromatic heterocycles. The van der Waals surface area contributed by atoms with Crippen molar-refractivity contribution < 1.29 is 0 Å². The van der Waals surface area contributed by atoms with Gasteiger partial charge in [0.15, 0.2) is 0 Å². The van der Waals surface area contributed by atoms with Crippen LogP contribution in [0.15, 0.2) is 18.3 Å². The predicted octanol–water partition coefficient (Wildman–Crippen LogP) is 3.06. The Morgan fingerprint density at radius 1 is 1.35 bits per heavy atom. The van der Waals surface area contributed by atoms with Crippen molar-refractivity contribution in [1.29, 1.82) is 0 Å². The van der Waals surface area contributed by atoms with Gasteiger partial charge < -0.3 is 5.73 Å². The van der Waals surface area contributed by atoms with Gasteiger partial charge in [-0.1, -0.05) is 19.8 Å². The first kappa shape index (κ1) is 14.0. The largest absolute Gasteiger partial charge is 0.399 e. The molecule has 3 nitrogen and oxygen atoms in total. The highest BCUT2D eigenvalue weighted by molar-refractivity contribution is 5.37. The van der Waals surface area contributed by atoms with Crippen molar-refractivity contribution >= 4 is 5.69 Å². The van der Waals surface area contributed by atoms with E-state index < -0.39 is 0 Å².